The Morgan fingerprint density at radius 1 is 1.18 bits per heavy atom. The molecule has 0 aliphatic rings. The van der Waals surface area contributed by atoms with Gasteiger partial charge >= 0.3 is 5.97 Å². The summed E-state index contributed by atoms with van der Waals surface area (Å²) >= 11 is 1.43. The van der Waals surface area contributed by atoms with E-state index in [1.54, 1.807) is 19.1 Å². The van der Waals surface area contributed by atoms with Gasteiger partial charge in [-0.05, 0) is 42.8 Å². The maximum Gasteiger partial charge on any atom is 0.348 e. The van der Waals surface area contributed by atoms with Crippen LogP contribution in [0, 0.1) is 5.82 Å². The summed E-state index contributed by atoms with van der Waals surface area (Å²) in [4.78, 5) is 16.4. The number of benzene rings is 2. The number of halogens is 1. The molecule has 0 bridgehead atoms. The summed E-state index contributed by atoms with van der Waals surface area (Å²) in [6.45, 7) is 8.97. The van der Waals surface area contributed by atoms with Crippen molar-refractivity contribution < 1.29 is 13.9 Å². The number of hydrogen-bond acceptors (Lipinski definition) is 3. The van der Waals surface area contributed by atoms with Crippen LogP contribution in [0.25, 0.3) is 32.1 Å². The first-order valence-corrected chi connectivity index (χ1v) is 13.6. The predicted molar refractivity (Wildman–Crippen MR) is 118 cm³/mol. The molecule has 0 amide bonds. The van der Waals surface area contributed by atoms with E-state index in [0.717, 1.165) is 32.1 Å². The third kappa shape index (κ3) is 3.16. The first-order valence-electron chi connectivity index (χ1n) is 9.31. The molecule has 3 nitrogen and oxygen atoms in total. The van der Waals surface area contributed by atoms with Gasteiger partial charge in [0.15, 0.2) is 0 Å². The van der Waals surface area contributed by atoms with E-state index in [9.17, 15) is 9.18 Å². The van der Waals surface area contributed by atoms with Crippen LogP contribution in [0.5, 0.6) is 0 Å². The second-order valence-corrected chi connectivity index (χ2v) is 14.0. The van der Waals surface area contributed by atoms with Gasteiger partial charge < -0.3 is 9.72 Å². The van der Waals surface area contributed by atoms with Crippen LogP contribution >= 0.6 is 11.3 Å². The number of aromatic amines is 1. The Kier molecular flexibility index (Phi) is 4.63. The van der Waals surface area contributed by atoms with Gasteiger partial charge in [-0.3, -0.25) is 0 Å². The monoisotopic (exact) mass is 411 g/mol. The number of rotatable bonds is 4. The molecule has 0 aliphatic heterocycles. The van der Waals surface area contributed by atoms with E-state index >= 15 is 0 Å². The van der Waals surface area contributed by atoms with Crippen molar-refractivity contribution in [1.29, 1.82) is 0 Å². The van der Waals surface area contributed by atoms with Crippen LogP contribution in [-0.4, -0.2) is 25.6 Å². The van der Waals surface area contributed by atoms with Gasteiger partial charge in [-0.1, -0.05) is 31.8 Å². The Bertz CT molecular complexity index is 1200. The van der Waals surface area contributed by atoms with Crippen molar-refractivity contribution in [3.63, 3.8) is 0 Å². The Hall–Kier alpha value is -2.44. The summed E-state index contributed by atoms with van der Waals surface area (Å²) in [5.41, 5.74) is 2.92. The highest BCUT2D eigenvalue weighted by Crippen LogP contribution is 2.38. The topological polar surface area (TPSA) is 42.1 Å². The highest BCUT2D eigenvalue weighted by atomic mass is 32.1. The number of H-pyrrole nitrogens is 1. The zero-order valence-corrected chi connectivity index (χ0v) is 18.2. The van der Waals surface area contributed by atoms with Crippen molar-refractivity contribution in [2.45, 2.75) is 26.6 Å². The van der Waals surface area contributed by atoms with E-state index in [2.05, 4.69) is 30.7 Å². The lowest BCUT2D eigenvalue weighted by atomic mass is 10.0. The largest absolute Gasteiger partial charge is 0.462 e. The Morgan fingerprint density at radius 3 is 2.64 bits per heavy atom. The summed E-state index contributed by atoms with van der Waals surface area (Å²) in [7, 11) is -1.74. The number of nitrogens with one attached hydrogen (secondary N) is 1. The van der Waals surface area contributed by atoms with Gasteiger partial charge in [0.25, 0.3) is 0 Å². The third-order valence-electron chi connectivity index (χ3n) is 4.80. The normalized spacial score (nSPS) is 12.0. The van der Waals surface area contributed by atoms with E-state index in [-0.39, 0.29) is 11.8 Å². The minimum Gasteiger partial charge on any atom is -0.462 e. The van der Waals surface area contributed by atoms with Gasteiger partial charge in [0.1, 0.15) is 10.7 Å². The number of carbonyl (C=O) groups excluding carboxylic acids is 1. The van der Waals surface area contributed by atoms with Gasteiger partial charge in [-0.2, -0.15) is 0 Å². The zero-order chi connectivity index (χ0) is 20.1. The number of thiophene rings is 1. The van der Waals surface area contributed by atoms with Crippen molar-refractivity contribution in [2.75, 3.05) is 6.61 Å². The van der Waals surface area contributed by atoms with Gasteiger partial charge in [0.2, 0.25) is 0 Å². The van der Waals surface area contributed by atoms with Crippen LogP contribution in [0.3, 0.4) is 0 Å². The highest BCUT2D eigenvalue weighted by Gasteiger charge is 2.27. The average molecular weight is 412 g/mol. The number of fused-ring (bicyclic) bond motifs is 3. The van der Waals surface area contributed by atoms with Crippen molar-refractivity contribution >= 4 is 51.7 Å². The number of hydrogen-bond donors (Lipinski definition) is 1. The molecule has 4 rings (SSSR count). The van der Waals surface area contributed by atoms with E-state index in [4.69, 9.17) is 4.74 Å². The molecule has 2 heterocycles. The summed E-state index contributed by atoms with van der Waals surface area (Å²) in [5, 5.41) is 3.24. The molecule has 0 atom stereocenters. The van der Waals surface area contributed by atoms with Crippen LogP contribution in [0.15, 0.2) is 42.5 Å². The summed E-state index contributed by atoms with van der Waals surface area (Å²) in [6, 6.07) is 12.7. The summed E-state index contributed by atoms with van der Waals surface area (Å²) in [6.07, 6.45) is 0. The van der Waals surface area contributed by atoms with Crippen LogP contribution < -0.4 is 5.32 Å². The molecule has 0 saturated carbocycles. The fourth-order valence-electron chi connectivity index (χ4n) is 3.61. The highest BCUT2D eigenvalue weighted by molar-refractivity contribution is 7.21. The van der Waals surface area contributed by atoms with Crippen LogP contribution in [0.4, 0.5) is 4.39 Å². The predicted octanol–water partition coefficient (Wildman–Crippen LogP) is 5.91. The fraction of sp³-hybridized carbons (Fsp3) is 0.227. The smallest absolute Gasteiger partial charge is 0.348 e. The summed E-state index contributed by atoms with van der Waals surface area (Å²) < 4.78 is 20.2. The maximum atomic E-state index is 14.0. The SMILES string of the molecule is CCOC(=O)c1cc2c(ccc3[nH]c([Si](C)(C)C)c(-c4cccc(F)c4)c32)s1. The van der Waals surface area contributed by atoms with E-state index < -0.39 is 8.07 Å². The van der Waals surface area contributed by atoms with Crippen LogP contribution in [-0.2, 0) is 4.74 Å². The second-order valence-electron chi connectivity index (χ2n) is 7.87. The summed E-state index contributed by atoms with van der Waals surface area (Å²) in [5.74, 6) is -0.553. The standard InChI is InChI=1S/C22H22FNO2SSi/c1-5-26-22(25)18-12-15-17(27-18)10-9-16-20(15)19(21(24-16)28(2,3)4)13-7-6-8-14(23)11-13/h6-12,24H,5H2,1-4H3. The molecule has 4 aromatic rings. The van der Waals surface area contributed by atoms with Crippen molar-refractivity contribution in [3.05, 3.63) is 53.2 Å². The Balaban J connectivity index is 2.08. The molecule has 0 radical (unpaired) electrons. The Labute approximate surface area is 168 Å². The molecule has 28 heavy (non-hydrogen) atoms. The quantitative estimate of drug-likeness (QED) is 0.335. The molecule has 2 aromatic heterocycles. The van der Waals surface area contributed by atoms with Crippen LogP contribution in [0.1, 0.15) is 16.6 Å². The molecular weight excluding hydrogens is 389 g/mol. The molecule has 144 valence electrons. The van der Waals surface area contributed by atoms with Crippen LogP contribution in [0.2, 0.25) is 19.6 Å². The minimum absolute atomic E-state index is 0.252. The fourth-order valence-corrected chi connectivity index (χ4v) is 6.10. The van der Waals surface area contributed by atoms with E-state index in [1.165, 1.54) is 22.7 Å². The third-order valence-corrected chi connectivity index (χ3v) is 7.76. The van der Waals surface area contributed by atoms with E-state index in [1.807, 2.05) is 18.2 Å². The Morgan fingerprint density at radius 2 is 1.96 bits per heavy atom. The number of esters is 1. The van der Waals surface area contributed by atoms with Gasteiger partial charge in [0.05, 0.1) is 14.7 Å². The maximum absolute atomic E-state index is 14.0. The zero-order valence-electron chi connectivity index (χ0n) is 16.4. The molecule has 0 saturated heterocycles. The molecule has 0 unspecified atom stereocenters. The van der Waals surface area contributed by atoms with Gasteiger partial charge in [-0.15, -0.1) is 11.3 Å². The molecule has 0 fully saturated rings. The van der Waals surface area contributed by atoms with Gasteiger partial charge in [0, 0.05) is 31.9 Å². The number of carbonyl (C=O) groups is 1. The first-order chi connectivity index (χ1) is 13.3. The molecular formula is C22H22FNO2SSi. The molecule has 6 heteroatoms. The van der Waals surface area contributed by atoms with Crippen molar-refractivity contribution in [2.24, 2.45) is 0 Å². The lowest BCUT2D eigenvalue weighted by molar-refractivity contribution is 0.0532. The lowest BCUT2D eigenvalue weighted by Gasteiger charge is -2.17. The molecule has 2 aromatic carbocycles. The average Bonchev–Trinajstić information content (AvgIpc) is 3.23. The van der Waals surface area contributed by atoms with Gasteiger partial charge in [-0.25, -0.2) is 9.18 Å². The minimum atomic E-state index is -1.74. The molecule has 0 aliphatic carbocycles. The van der Waals surface area contributed by atoms with E-state index in [0.29, 0.717) is 11.5 Å². The first kappa shape index (κ1) is 18.9. The number of ether oxygens (including phenoxy) is 1. The number of aromatic nitrogens is 1. The second kappa shape index (κ2) is 6.86. The lowest BCUT2D eigenvalue weighted by Crippen LogP contribution is -2.39. The molecule has 1 N–H and O–H groups in total. The molecule has 0 spiro atoms. The van der Waals surface area contributed by atoms with Crippen molar-refractivity contribution in [1.82, 2.24) is 4.98 Å². The van der Waals surface area contributed by atoms with Crippen molar-refractivity contribution in [3.8, 4) is 11.1 Å².